The van der Waals surface area contributed by atoms with Gasteiger partial charge < -0.3 is 15.5 Å². The predicted octanol–water partition coefficient (Wildman–Crippen LogP) is 17.8. The molecule has 4 atom stereocenters. The molecule has 0 spiro atoms. The first-order valence-electron chi connectivity index (χ1n) is 23.8. The Kier molecular flexibility index (Phi) is 19.7. The molecule has 0 saturated heterocycles. The lowest BCUT2D eigenvalue weighted by Gasteiger charge is -2.41. The second kappa shape index (κ2) is 24.8. The van der Waals surface area contributed by atoms with Gasteiger partial charge in [0.05, 0.1) is 46.2 Å². The zero-order valence-electron chi connectivity index (χ0n) is 41.3. The van der Waals surface area contributed by atoms with E-state index in [0.717, 1.165) is 60.7 Å². The smallest absolute Gasteiger partial charge is 0.378 e. The highest BCUT2D eigenvalue weighted by molar-refractivity contribution is 9.09. The van der Waals surface area contributed by atoms with Crippen LogP contribution in [0.4, 0.5) is 56.6 Å². The van der Waals surface area contributed by atoms with Gasteiger partial charge in [-0.3, -0.25) is 4.90 Å². The number of halogens is 10. The Bertz CT molecular complexity index is 2600. The third-order valence-corrected chi connectivity index (χ3v) is 13.1. The molecular formula is C57H64BrF9N4. The number of nitrogens with zero attached hydrogens (tertiary/aromatic N) is 2. The lowest BCUT2D eigenvalue weighted by atomic mass is 9.92. The van der Waals surface area contributed by atoms with Gasteiger partial charge >= 0.3 is 18.5 Å². The van der Waals surface area contributed by atoms with E-state index >= 15 is 0 Å². The Morgan fingerprint density at radius 3 is 1.56 bits per heavy atom. The molecule has 14 heteroatoms. The lowest BCUT2D eigenvalue weighted by molar-refractivity contribution is -0.138. The van der Waals surface area contributed by atoms with Crippen LogP contribution in [0.3, 0.4) is 0 Å². The fraction of sp³-hybridized carbons (Fsp3) is 0.368. The van der Waals surface area contributed by atoms with Crippen LogP contribution in [-0.4, -0.2) is 30.1 Å². The maximum absolute atomic E-state index is 13.2. The van der Waals surface area contributed by atoms with Crippen molar-refractivity contribution >= 4 is 33.0 Å². The highest BCUT2D eigenvalue weighted by Gasteiger charge is 2.34. The second-order valence-electron chi connectivity index (χ2n) is 18.4. The van der Waals surface area contributed by atoms with E-state index in [0.29, 0.717) is 35.3 Å². The van der Waals surface area contributed by atoms with Crippen molar-refractivity contribution in [3.05, 3.63) is 196 Å². The van der Waals surface area contributed by atoms with Crippen LogP contribution < -0.4 is 15.5 Å². The summed E-state index contributed by atoms with van der Waals surface area (Å²) < 4.78 is 115. The van der Waals surface area contributed by atoms with Gasteiger partial charge in [0.25, 0.3) is 0 Å². The van der Waals surface area contributed by atoms with Gasteiger partial charge in [0, 0.05) is 29.1 Å². The Hall–Kier alpha value is -5.47. The third-order valence-electron chi connectivity index (χ3n) is 12.6. The van der Waals surface area contributed by atoms with E-state index in [1.165, 1.54) is 47.0 Å². The number of nitrogens with one attached hydrogen (secondary N) is 2. The van der Waals surface area contributed by atoms with Crippen LogP contribution in [0.5, 0.6) is 0 Å². The standard InChI is InChI=1S/C24H23F3N2.C16H14F3N.C9H8BrF3.C8H19N/c1-16-7-5-8-18(13-16)17(2)29-15-22(28-21-11-3-4-12-23(21)29)19-9-6-10-20(14-19)24(25,26)27;17-16(18,19)13-6-3-5-12(10-13)15-9-8-11-4-1-2-7-14(11)20-15;1-6(10)7-3-2-4-8(5-7)9(11,12)13;1-6-9(7(2)3)8(4)5/h3-14,17,22,28H,15H2,1-2H3;1-7,10,15,20H,8-9H2;2-6H,1H3;7-8H,6H2,1-5H3. The number of anilines is 3. The van der Waals surface area contributed by atoms with Gasteiger partial charge in [-0.2, -0.15) is 39.5 Å². The molecule has 2 heterocycles. The molecule has 6 aromatic rings. The molecule has 382 valence electrons. The fourth-order valence-electron chi connectivity index (χ4n) is 8.88. The molecule has 0 aromatic heterocycles. The van der Waals surface area contributed by atoms with Crippen LogP contribution in [0.15, 0.2) is 146 Å². The summed E-state index contributed by atoms with van der Waals surface area (Å²) >= 11 is 3.22. The van der Waals surface area contributed by atoms with Gasteiger partial charge in [-0.25, -0.2) is 0 Å². The van der Waals surface area contributed by atoms with Gasteiger partial charge in [-0.05, 0) is 144 Å². The van der Waals surface area contributed by atoms with Gasteiger partial charge in [0.2, 0.25) is 0 Å². The quantitative estimate of drug-likeness (QED) is 0.117. The van der Waals surface area contributed by atoms with Gasteiger partial charge in [-0.1, -0.05) is 125 Å². The summed E-state index contributed by atoms with van der Waals surface area (Å²) in [5.74, 6) is 0. The molecule has 2 aliphatic rings. The van der Waals surface area contributed by atoms with Crippen LogP contribution in [0, 0.1) is 6.92 Å². The molecule has 0 aliphatic carbocycles. The number of hydrogen-bond acceptors (Lipinski definition) is 4. The predicted molar refractivity (Wildman–Crippen MR) is 275 cm³/mol. The number of para-hydroxylation sites is 3. The summed E-state index contributed by atoms with van der Waals surface area (Å²) in [4.78, 5) is 4.67. The highest BCUT2D eigenvalue weighted by atomic mass is 79.9. The monoisotopic (exact) mass is 1050 g/mol. The zero-order valence-corrected chi connectivity index (χ0v) is 42.9. The van der Waals surface area contributed by atoms with Crippen LogP contribution in [0.2, 0.25) is 0 Å². The molecule has 6 aromatic carbocycles. The van der Waals surface area contributed by atoms with Crippen LogP contribution >= 0.6 is 15.9 Å². The Balaban J connectivity index is 0.000000193. The average molecular weight is 1060 g/mol. The number of aryl methyl sites for hydroxylation is 2. The lowest BCUT2D eigenvalue weighted by Crippen LogP contribution is -2.38. The van der Waals surface area contributed by atoms with Gasteiger partial charge in [-0.15, -0.1) is 0 Å². The van der Waals surface area contributed by atoms with E-state index in [9.17, 15) is 39.5 Å². The summed E-state index contributed by atoms with van der Waals surface area (Å²) in [5.41, 5.74) is 6.75. The number of alkyl halides is 10. The Labute approximate surface area is 421 Å². The third kappa shape index (κ3) is 16.0. The first-order chi connectivity index (χ1) is 33.4. The molecular weight excluding hydrogens is 992 g/mol. The van der Waals surface area contributed by atoms with E-state index in [-0.39, 0.29) is 23.0 Å². The summed E-state index contributed by atoms with van der Waals surface area (Å²) in [6, 6.07) is 41.9. The normalized spacial score (nSPS) is 16.4. The first-order valence-corrected chi connectivity index (χ1v) is 24.7. The molecule has 4 unspecified atom stereocenters. The molecule has 0 bridgehead atoms. The summed E-state index contributed by atoms with van der Waals surface area (Å²) in [7, 11) is 0. The van der Waals surface area contributed by atoms with Crippen molar-refractivity contribution < 1.29 is 39.5 Å². The van der Waals surface area contributed by atoms with Crippen LogP contribution in [0.25, 0.3) is 0 Å². The maximum Gasteiger partial charge on any atom is 0.416 e. The van der Waals surface area contributed by atoms with Crippen LogP contribution in [0.1, 0.15) is 128 Å². The van der Waals surface area contributed by atoms with Crippen LogP contribution in [-0.2, 0) is 24.9 Å². The number of fused-ring (bicyclic) bond motifs is 2. The van der Waals surface area contributed by atoms with Gasteiger partial charge in [0.15, 0.2) is 0 Å². The van der Waals surface area contributed by atoms with E-state index in [1.54, 1.807) is 25.1 Å². The average Bonchev–Trinajstić information content (AvgIpc) is 3.33. The summed E-state index contributed by atoms with van der Waals surface area (Å²) in [6.45, 7) is 18.9. The molecule has 71 heavy (non-hydrogen) atoms. The molecule has 0 fully saturated rings. The number of hydrogen-bond donors (Lipinski definition) is 2. The molecule has 4 nitrogen and oxygen atoms in total. The van der Waals surface area contributed by atoms with Crippen molar-refractivity contribution in [2.45, 2.75) is 122 Å². The topological polar surface area (TPSA) is 30.5 Å². The van der Waals surface area contributed by atoms with Crippen molar-refractivity contribution in [1.82, 2.24) is 4.90 Å². The second-order valence-corrected chi connectivity index (χ2v) is 19.7. The zero-order chi connectivity index (χ0) is 52.3. The molecule has 2 N–H and O–H groups in total. The summed E-state index contributed by atoms with van der Waals surface area (Å²) in [5, 5.41) is 6.76. The van der Waals surface area contributed by atoms with Crippen molar-refractivity contribution in [1.29, 1.82) is 0 Å². The van der Waals surface area contributed by atoms with Crippen molar-refractivity contribution in [3.63, 3.8) is 0 Å². The minimum Gasteiger partial charge on any atom is -0.378 e. The minimum atomic E-state index is -4.35. The number of benzene rings is 6. The first kappa shape index (κ1) is 56.4. The summed E-state index contributed by atoms with van der Waals surface area (Å²) in [6.07, 6.45) is -11.2. The van der Waals surface area contributed by atoms with Gasteiger partial charge in [0.1, 0.15) is 0 Å². The van der Waals surface area contributed by atoms with E-state index in [1.807, 2.05) is 48.5 Å². The molecule has 0 amide bonds. The SMILES string of the molecule is CC(Br)c1cccc(C(F)(F)F)c1.CCN(C(C)C)C(C)C.Cc1cccc(C(C)N2CC(c3cccc(C(F)(F)F)c3)Nc3ccccc32)c1.FC(F)(F)c1cccc(C2CCc3ccccc3N2)c1. The Morgan fingerprint density at radius 2 is 1.04 bits per heavy atom. The molecule has 2 aliphatic heterocycles. The fourth-order valence-corrected chi connectivity index (χ4v) is 9.17. The van der Waals surface area contributed by atoms with E-state index in [4.69, 9.17) is 0 Å². The van der Waals surface area contributed by atoms with Crippen molar-refractivity contribution in [2.24, 2.45) is 0 Å². The van der Waals surface area contributed by atoms with E-state index in [2.05, 4.69) is 109 Å². The molecule has 0 radical (unpaired) electrons. The minimum absolute atomic E-state index is 0.0604. The highest BCUT2D eigenvalue weighted by Crippen LogP contribution is 2.42. The largest absolute Gasteiger partial charge is 0.416 e. The number of rotatable bonds is 8. The van der Waals surface area contributed by atoms with E-state index < -0.39 is 35.2 Å². The van der Waals surface area contributed by atoms with Crippen molar-refractivity contribution in [3.8, 4) is 0 Å². The molecule has 8 rings (SSSR count). The van der Waals surface area contributed by atoms with Crippen molar-refractivity contribution in [2.75, 3.05) is 28.6 Å². The maximum atomic E-state index is 13.2. The molecule has 0 saturated carbocycles. The Morgan fingerprint density at radius 1 is 0.563 bits per heavy atom.